The average molecular weight is 518 g/mol. The zero-order chi connectivity index (χ0) is 27.0. The number of ether oxygens (including phenoxy) is 1. The number of carbonyl (C=O) groups excluding carboxylic acids is 2. The van der Waals surface area contributed by atoms with Crippen LogP contribution in [-0.2, 0) is 33.5 Å². The van der Waals surface area contributed by atoms with Crippen molar-refractivity contribution in [2.24, 2.45) is 5.92 Å². The first-order valence-corrected chi connectivity index (χ1v) is 12.4. The van der Waals surface area contributed by atoms with Gasteiger partial charge in [-0.25, -0.2) is 0 Å². The number of nitrogens with zero attached hydrogens (tertiary/aromatic N) is 2. The quantitative estimate of drug-likeness (QED) is 0.333. The molecule has 200 valence electrons. The molecule has 2 amide bonds. The summed E-state index contributed by atoms with van der Waals surface area (Å²) in [5.41, 5.74) is 1.88. The number of alkyl halides is 3. The molecule has 0 fully saturated rings. The minimum Gasteiger partial charge on any atom is -0.385 e. The number of carbonyl (C=O) groups is 2. The van der Waals surface area contributed by atoms with Crippen LogP contribution in [0.15, 0.2) is 54.7 Å². The van der Waals surface area contributed by atoms with Crippen LogP contribution in [0.2, 0.25) is 0 Å². The summed E-state index contributed by atoms with van der Waals surface area (Å²) in [6.07, 6.45) is -1.37. The number of aromatic amines is 1. The van der Waals surface area contributed by atoms with Gasteiger partial charge in [0, 0.05) is 56.4 Å². The number of aromatic nitrogens is 1. The number of amides is 2. The van der Waals surface area contributed by atoms with Crippen LogP contribution in [0.4, 0.5) is 13.2 Å². The van der Waals surface area contributed by atoms with Crippen molar-refractivity contribution in [1.29, 1.82) is 0 Å². The van der Waals surface area contributed by atoms with Gasteiger partial charge in [-0.1, -0.05) is 44.2 Å². The third kappa shape index (κ3) is 7.82. The maximum Gasteiger partial charge on any atom is 0.416 e. The molecular weight excluding hydrogens is 483 g/mol. The summed E-state index contributed by atoms with van der Waals surface area (Å²) in [7, 11) is 1.58. The van der Waals surface area contributed by atoms with Crippen molar-refractivity contribution in [3.05, 3.63) is 71.4 Å². The standard InChI is InChI=1S/C28H34F3N3O3/c1-20(2)27(36)34(14-6-16-37-3)19-26(35)33(18-21-9-11-23(12-10-21)28(29,30)31)15-13-22-17-32-25-8-5-4-7-24(22)25/h4-5,7-12,17,20,32H,6,13-16,18-19H2,1-3H3. The lowest BCUT2D eigenvalue weighted by molar-refractivity contribution is -0.142. The Morgan fingerprint density at radius 1 is 1.00 bits per heavy atom. The Bertz CT molecular complexity index is 1170. The highest BCUT2D eigenvalue weighted by molar-refractivity contribution is 5.86. The fourth-order valence-corrected chi connectivity index (χ4v) is 4.20. The highest BCUT2D eigenvalue weighted by Gasteiger charge is 2.30. The van der Waals surface area contributed by atoms with E-state index in [9.17, 15) is 22.8 Å². The summed E-state index contributed by atoms with van der Waals surface area (Å²) in [5, 5.41) is 1.06. The SMILES string of the molecule is COCCCN(CC(=O)N(CCc1c[nH]c2ccccc12)Cc1ccc(C(F)(F)F)cc1)C(=O)C(C)C. The summed E-state index contributed by atoms with van der Waals surface area (Å²) < 4.78 is 44.1. The molecule has 1 N–H and O–H groups in total. The predicted molar refractivity (Wildman–Crippen MR) is 137 cm³/mol. The van der Waals surface area contributed by atoms with Crippen LogP contribution in [0.5, 0.6) is 0 Å². The molecule has 37 heavy (non-hydrogen) atoms. The largest absolute Gasteiger partial charge is 0.416 e. The Kier molecular flexibility index (Phi) is 9.74. The van der Waals surface area contributed by atoms with Gasteiger partial charge in [0.05, 0.1) is 12.1 Å². The maximum atomic E-state index is 13.5. The third-order valence-electron chi connectivity index (χ3n) is 6.24. The van der Waals surface area contributed by atoms with Crippen molar-refractivity contribution < 1.29 is 27.5 Å². The highest BCUT2D eigenvalue weighted by atomic mass is 19.4. The van der Waals surface area contributed by atoms with Gasteiger partial charge in [0.25, 0.3) is 0 Å². The van der Waals surface area contributed by atoms with E-state index in [0.29, 0.717) is 38.1 Å². The van der Waals surface area contributed by atoms with Gasteiger partial charge in [-0.3, -0.25) is 9.59 Å². The van der Waals surface area contributed by atoms with E-state index in [4.69, 9.17) is 4.74 Å². The molecule has 0 saturated heterocycles. The van der Waals surface area contributed by atoms with Crippen LogP contribution in [-0.4, -0.2) is 59.9 Å². The van der Waals surface area contributed by atoms with E-state index >= 15 is 0 Å². The number of hydrogen-bond acceptors (Lipinski definition) is 3. The van der Waals surface area contributed by atoms with Crippen LogP contribution in [0.1, 0.15) is 37.0 Å². The molecule has 9 heteroatoms. The number of benzene rings is 2. The first kappa shape index (κ1) is 28.2. The van der Waals surface area contributed by atoms with Crippen molar-refractivity contribution in [3.8, 4) is 0 Å². The maximum absolute atomic E-state index is 13.5. The molecule has 0 atom stereocenters. The second kappa shape index (κ2) is 12.8. The molecule has 2 aromatic carbocycles. The first-order valence-electron chi connectivity index (χ1n) is 12.4. The molecule has 3 aromatic rings. The van der Waals surface area contributed by atoms with Crippen molar-refractivity contribution in [3.63, 3.8) is 0 Å². The monoisotopic (exact) mass is 517 g/mol. The third-order valence-corrected chi connectivity index (χ3v) is 6.24. The molecular formula is C28H34F3N3O3. The van der Waals surface area contributed by atoms with Gasteiger partial charge < -0.3 is 19.5 Å². The number of hydrogen-bond donors (Lipinski definition) is 1. The molecule has 0 bridgehead atoms. The average Bonchev–Trinajstić information content (AvgIpc) is 3.28. The summed E-state index contributed by atoms with van der Waals surface area (Å²) in [4.78, 5) is 32.6. The van der Waals surface area contributed by atoms with E-state index in [0.717, 1.165) is 28.6 Å². The van der Waals surface area contributed by atoms with Crippen LogP contribution >= 0.6 is 0 Å². The van der Waals surface area contributed by atoms with Gasteiger partial charge in [0.2, 0.25) is 11.8 Å². The topological polar surface area (TPSA) is 65.6 Å². The molecule has 3 rings (SSSR count). The Morgan fingerprint density at radius 3 is 2.35 bits per heavy atom. The van der Waals surface area contributed by atoms with Gasteiger partial charge in [-0.05, 0) is 42.2 Å². The predicted octanol–water partition coefficient (Wildman–Crippen LogP) is 5.28. The Morgan fingerprint density at radius 2 is 1.70 bits per heavy atom. The van der Waals surface area contributed by atoms with E-state index in [-0.39, 0.29) is 30.8 Å². The van der Waals surface area contributed by atoms with Crippen molar-refractivity contribution in [1.82, 2.24) is 14.8 Å². The summed E-state index contributed by atoms with van der Waals surface area (Å²) >= 11 is 0. The Labute approximate surface area is 215 Å². The summed E-state index contributed by atoms with van der Waals surface area (Å²) in [5.74, 6) is -0.661. The number of fused-ring (bicyclic) bond motifs is 1. The molecule has 0 radical (unpaired) electrons. The Hall–Kier alpha value is -3.33. The number of methoxy groups -OCH3 is 1. The molecule has 0 unspecified atom stereocenters. The zero-order valence-corrected chi connectivity index (χ0v) is 21.5. The van der Waals surface area contributed by atoms with Gasteiger partial charge in [0.15, 0.2) is 0 Å². The zero-order valence-electron chi connectivity index (χ0n) is 21.5. The highest BCUT2D eigenvalue weighted by Crippen LogP contribution is 2.29. The number of H-pyrrole nitrogens is 1. The molecule has 0 aliphatic rings. The van der Waals surface area contributed by atoms with Crippen molar-refractivity contribution in [2.45, 2.75) is 39.4 Å². The van der Waals surface area contributed by atoms with Crippen molar-refractivity contribution >= 4 is 22.7 Å². The molecule has 1 heterocycles. The second-order valence-corrected chi connectivity index (χ2v) is 9.38. The van der Waals surface area contributed by atoms with E-state index in [1.165, 1.54) is 17.0 Å². The fraction of sp³-hybridized carbons (Fsp3) is 0.429. The molecule has 0 aliphatic heterocycles. The molecule has 1 aromatic heterocycles. The van der Waals surface area contributed by atoms with Gasteiger partial charge in [0.1, 0.15) is 0 Å². The second-order valence-electron chi connectivity index (χ2n) is 9.38. The van der Waals surface area contributed by atoms with E-state index < -0.39 is 11.7 Å². The van der Waals surface area contributed by atoms with Crippen LogP contribution in [0.25, 0.3) is 10.9 Å². The number of para-hydroxylation sites is 1. The van der Waals surface area contributed by atoms with Gasteiger partial charge >= 0.3 is 6.18 Å². The van der Waals surface area contributed by atoms with Crippen LogP contribution in [0.3, 0.4) is 0 Å². The summed E-state index contributed by atoms with van der Waals surface area (Å²) in [6, 6.07) is 12.7. The molecule has 0 spiro atoms. The number of halogens is 3. The van der Waals surface area contributed by atoms with E-state index in [1.54, 1.807) is 25.9 Å². The molecule has 0 saturated carbocycles. The lowest BCUT2D eigenvalue weighted by Gasteiger charge is -2.29. The van der Waals surface area contributed by atoms with E-state index in [1.807, 2.05) is 30.5 Å². The fourth-order valence-electron chi connectivity index (χ4n) is 4.20. The number of nitrogens with one attached hydrogen (secondary N) is 1. The first-order chi connectivity index (χ1) is 17.6. The Balaban J connectivity index is 1.80. The lowest BCUT2D eigenvalue weighted by atomic mass is 10.1. The van der Waals surface area contributed by atoms with Gasteiger partial charge in [-0.2, -0.15) is 13.2 Å². The van der Waals surface area contributed by atoms with Crippen LogP contribution < -0.4 is 0 Å². The summed E-state index contributed by atoms with van der Waals surface area (Å²) in [6.45, 7) is 4.80. The normalized spacial score (nSPS) is 11.8. The molecule has 0 aliphatic carbocycles. The molecule has 6 nitrogen and oxygen atoms in total. The minimum atomic E-state index is -4.43. The lowest BCUT2D eigenvalue weighted by Crippen LogP contribution is -2.45. The van der Waals surface area contributed by atoms with Gasteiger partial charge in [-0.15, -0.1) is 0 Å². The minimum absolute atomic E-state index is 0.102. The van der Waals surface area contributed by atoms with Crippen LogP contribution in [0, 0.1) is 5.92 Å². The number of rotatable bonds is 12. The van der Waals surface area contributed by atoms with E-state index in [2.05, 4.69) is 4.98 Å². The van der Waals surface area contributed by atoms with Crippen molar-refractivity contribution in [2.75, 3.05) is 33.4 Å². The smallest absolute Gasteiger partial charge is 0.385 e.